The smallest absolute Gasteiger partial charge is 0.159 e. The van der Waals surface area contributed by atoms with E-state index in [-0.39, 0.29) is 17.8 Å². The van der Waals surface area contributed by atoms with Crippen molar-refractivity contribution in [2.24, 2.45) is 11.8 Å². The van der Waals surface area contributed by atoms with Crippen molar-refractivity contribution in [3.63, 3.8) is 0 Å². The summed E-state index contributed by atoms with van der Waals surface area (Å²) in [4.78, 5) is 0. The molecule has 4 unspecified atom stereocenters. The molecule has 2 aliphatic carbocycles. The summed E-state index contributed by atoms with van der Waals surface area (Å²) in [5, 5.41) is 0. The van der Waals surface area contributed by atoms with Crippen LogP contribution in [0.15, 0.2) is 30.3 Å². The van der Waals surface area contributed by atoms with Gasteiger partial charge in [-0.1, -0.05) is 25.8 Å². The van der Waals surface area contributed by atoms with Gasteiger partial charge >= 0.3 is 0 Å². The zero-order valence-corrected chi connectivity index (χ0v) is 15.5. The van der Waals surface area contributed by atoms with E-state index in [1.165, 1.54) is 18.2 Å². The molecular weight excluding hydrogens is 352 g/mol. The minimum absolute atomic E-state index is 0.0742. The Balaban J connectivity index is 1.76. The average molecular weight is 376 g/mol. The van der Waals surface area contributed by atoms with Crippen molar-refractivity contribution in [3.8, 4) is 0 Å². The molecule has 1 saturated carbocycles. The Kier molecular flexibility index (Phi) is 5.00. The maximum Gasteiger partial charge on any atom is 0.159 e. The van der Waals surface area contributed by atoms with Crippen LogP contribution in [-0.4, -0.2) is 0 Å². The molecule has 144 valence electrons. The fourth-order valence-electron chi connectivity index (χ4n) is 5.62. The minimum atomic E-state index is -0.837. The second-order valence-electron chi connectivity index (χ2n) is 8.09. The quantitative estimate of drug-likeness (QED) is 0.512. The molecule has 0 radical (unpaired) electrons. The van der Waals surface area contributed by atoms with Crippen molar-refractivity contribution in [2.75, 3.05) is 0 Å². The van der Waals surface area contributed by atoms with Gasteiger partial charge in [0.05, 0.1) is 0 Å². The van der Waals surface area contributed by atoms with Crippen LogP contribution in [0.4, 0.5) is 17.6 Å². The van der Waals surface area contributed by atoms with Gasteiger partial charge in [-0.2, -0.15) is 0 Å². The molecule has 4 rings (SSSR count). The van der Waals surface area contributed by atoms with Gasteiger partial charge in [-0.05, 0) is 84.2 Å². The minimum Gasteiger partial charge on any atom is -0.207 e. The van der Waals surface area contributed by atoms with Crippen molar-refractivity contribution in [1.82, 2.24) is 0 Å². The number of hydrogen-bond acceptors (Lipinski definition) is 0. The van der Waals surface area contributed by atoms with Crippen LogP contribution < -0.4 is 0 Å². The molecule has 0 saturated heterocycles. The summed E-state index contributed by atoms with van der Waals surface area (Å²) in [7, 11) is 0. The highest BCUT2D eigenvalue weighted by molar-refractivity contribution is 5.38. The van der Waals surface area contributed by atoms with Gasteiger partial charge in [0.2, 0.25) is 0 Å². The second kappa shape index (κ2) is 7.29. The molecule has 27 heavy (non-hydrogen) atoms. The summed E-state index contributed by atoms with van der Waals surface area (Å²) in [6, 6.07) is 6.67. The van der Waals surface area contributed by atoms with Crippen LogP contribution in [0, 0.1) is 35.1 Å². The lowest BCUT2D eigenvalue weighted by atomic mass is 9.57. The average Bonchev–Trinajstić information content (AvgIpc) is 2.64. The van der Waals surface area contributed by atoms with E-state index in [4.69, 9.17) is 0 Å². The Morgan fingerprint density at radius 1 is 0.889 bits per heavy atom. The van der Waals surface area contributed by atoms with Gasteiger partial charge < -0.3 is 0 Å². The Bertz CT molecular complexity index is 845. The van der Waals surface area contributed by atoms with Crippen LogP contribution in [0.1, 0.15) is 67.6 Å². The molecule has 0 bridgehead atoms. The van der Waals surface area contributed by atoms with Crippen LogP contribution in [-0.2, 0) is 6.42 Å². The first-order valence-corrected chi connectivity index (χ1v) is 9.92. The third-order valence-corrected chi connectivity index (χ3v) is 6.64. The van der Waals surface area contributed by atoms with E-state index < -0.39 is 23.3 Å². The van der Waals surface area contributed by atoms with Gasteiger partial charge in [0.1, 0.15) is 11.6 Å². The molecule has 0 spiro atoms. The highest BCUT2D eigenvalue weighted by Crippen LogP contribution is 2.55. The summed E-state index contributed by atoms with van der Waals surface area (Å²) in [5.74, 6) is -1.89. The largest absolute Gasteiger partial charge is 0.207 e. The van der Waals surface area contributed by atoms with Gasteiger partial charge in [0, 0.05) is 6.07 Å². The maximum atomic E-state index is 14.3. The van der Waals surface area contributed by atoms with Crippen molar-refractivity contribution in [1.29, 1.82) is 0 Å². The number of benzene rings is 2. The van der Waals surface area contributed by atoms with E-state index in [9.17, 15) is 17.6 Å². The van der Waals surface area contributed by atoms with Gasteiger partial charge in [0.25, 0.3) is 0 Å². The Hall–Kier alpha value is -1.84. The summed E-state index contributed by atoms with van der Waals surface area (Å²) in [5.41, 5.74) is 2.24. The molecule has 2 aliphatic rings. The lowest BCUT2D eigenvalue weighted by Gasteiger charge is -2.47. The summed E-state index contributed by atoms with van der Waals surface area (Å²) in [6.07, 6.45) is 5.26. The van der Waals surface area contributed by atoms with Crippen LogP contribution in [0.3, 0.4) is 0 Å². The zero-order chi connectivity index (χ0) is 19.1. The highest BCUT2D eigenvalue weighted by atomic mass is 19.2. The molecule has 2 aromatic rings. The van der Waals surface area contributed by atoms with E-state index >= 15 is 0 Å². The first kappa shape index (κ1) is 18.5. The normalized spacial score (nSPS) is 27.1. The second-order valence-corrected chi connectivity index (χ2v) is 8.09. The van der Waals surface area contributed by atoms with Gasteiger partial charge in [-0.15, -0.1) is 0 Å². The Morgan fingerprint density at radius 2 is 1.70 bits per heavy atom. The van der Waals surface area contributed by atoms with E-state index in [0.717, 1.165) is 49.3 Å². The first-order valence-electron chi connectivity index (χ1n) is 9.92. The Labute approximate surface area is 157 Å². The molecule has 0 nitrogen and oxygen atoms in total. The SMILES string of the molecule is CCCC1CCC2c3cc(F)cc(F)c3CCC2C1c1ccc(F)c(F)c1. The van der Waals surface area contributed by atoms with E-state index in [1.54, 1.807) is 6.07 Å². The molecular formula is C23H24F4. The summed E-state index contributed by atoms with van der Waals surface area (Å²) in [6.45, 7) is 2.13. The molecule has 2 aromatic carbocycles. The summed E-state index contributed by atoms with van der Waals surface area (Å²) >= 11 is 0. The van der Waals surface area contributed by atoms with Crippen LogP contribution >= 0.6 is 0 Å². The number of halogens is 4. The third-order valence-electron chi connectivity index (χ3n) is 6.64. The lowest BCUT2D eigenvalue weighted by molar-refractivity contribution is 0.159. The van der Waals surface area contributed by atoms with E-state index in [0.29, 0.717) is 17.9 Å². The molecule has 0 aliphatic heterocycles. The van der Waals surface area contributed by atoms with Crippen LogP contribution in [0.25, 0.3) is 0 Å². The van der Waals surface area contributed by atoms with Gasteiger partial charge in [0.15, 0.2) is 11.6 Å². The van der Waals surface area contributed by atoms with Crippen molar-refractivity contribution in [2.45, 2.75) is 57.3 Å². The maximum absolute atomic E-state index is 14.3. The fraction of sp³-hybridized carbons (Fsp3) is 0.478. The van der Waals surface area contributed by atoms with Crippen molar-refractivity contribution in [3.05, 3.63) is 70.3 Å². The number of hydrogen-bond donors (Lipinski definition) is 0. The highest BCUT2D eigenvalue weighted by Gasteiger charge is 2.43. The third kappa shape index (κ3) is 3.28. The van der Waals surface area contributed by atoms with Crippen LogP contribution in [0.2, 0.25) is 0 Å². The molecule has 0 heterocycles. The summed E-state index contributed by atoms with van der Waals surface area (Å²) < 4.78 is 55.6. The molecule has 0 aromatic heterocycles. The molecule has 0 amide bonds. The van der Waals surface area contributed by atoms with Gasteiger partial charge in [-0.25, -0.2) is 17.6 Å². The molecule has 0 N–H and O–H groups in total. The standard InChI is InChI=1S/C23H24F4/c1-2-3-13-4-6-16-18(23(13)14-5-9-20(25)22(27)10-14)8-7-17-19(16)11-15(24)12-21(17)26/h5,9-13,16,18,23H,2-4,6-8H2,1H3. The van der Waals surface area contributed by atoms with Crippen molar-refractivity contribution >= 4 is 0 Å². The number of rotatable bonds is 3. The van der Waals surface area contributed by atoms with E-state index in [2.05, 4.69) is 6.92 Å². The van der Waals surface area contributed by atoms with Crippen LogP contribution in [0.5, 0.6) is 0 Å². The number of fused-ring (bicyclic) bond motifs is 3. The Morgan fingerprint density at radius 3 is 2.44 bits per heavy atom. The lowest BCUT2D eigenvalue weighted by Crippen LogP contribution is -2.35. The van der Waals surface area contributed by atoms with Crippen molar-refractivity contribution < 1.29 is 17.6 Å². The topological polar surface area (TPSA) is 0 Å². The monoisotopic (exact) mass is 376 g/mol. The molecule has 4 atom stereocenters. The predicted octanol–water partition coefficient (Wildman–Crippen LogP) is 6.88. The first-order chi connectivity index (χ1) is 13.0. The zero-order valence-electron chi connectivity index (χ0n) is 15.5. The van der Waals surface area contributed by atoms with Gasteiger partial charge in [-0.3, -0.25) is 0 Å². The molecule has 1 fully saturated rings. The predicted molar refractivity (Wildman–Crippen MR) is 97.6 cm³/mol. The fourth-order valence-corrected chi connectivity index (χ4v) is 5.62. The van der Waals surface area contributed by atoms with E-state index in [1.807, 2.05) is 0 Å². The molecule has 4 heteroatoms.